The van der Waals surface area contributed by atoms with Gasteiger partial charge in [-0.1, -0.05) is 44.2 Å². The van der Waals surface area contributed by atoms with Crippen LogP contribution in [0.1, 0.15) is 77.2 Å². The van der Waals surface area contributed by atoms with Gasteiger partial charge in [0.05, 0.1) is 5.54 Å². The molecule has 1 atom stereocenters. The van der Waals surface area contributed by atoms with Gasteiger partial charge in [0.1, 0.15) is 0 Å². The Morgan fingerprint density at radius 3 is 2.34 bits per heavy atom. The second-order valence-electron chi connectivity index (χ2n) is 10.9. The van der Waals surface area contributed by atoms with Crippen LogP contribution in [-0.2, 0) is 11.2 Å². The number of anilines is 1. The van der Waals surface area contributed by atoms with Crippen molar-refractivity contribution in [2.75, 3.05) is 17.6 Å². The summed E-state index contributed by atoms with van der Waals surface area (Å²) in [5.41, 5.74) is 2.41. The molecule has 4 saturated carbocycles. The van der Waals surface area contributed by atoms with E-state index in [1.54, 1.807) is 0 Å². The molecular weight excluding hydrogens is 414 g/mol. The first-order valence-electron chi connectivity index (χ1n) is 12.9. The fourth-order valence-corrected chi connectivity index (χ4v) is 8.33. The number of benzene rings is 1. The summed E-state index contributed by atoms with van der Waals surface area (Å²) in [4.78, 5) is 20.9. The molecule has 1 N–H and O–H groups in total. The van der Waals surface area contributed by atoms with Gasteiger partial charge < -0.3 is 10.2 Å². The van der Waals surface area contributed by atoms with Crippen molar-refractivity contribution < 1.29 is 4.79 Å². The van der Waals surface area contributed by atoms with Gasteiger partial charge in [-0.2, -0.15) is 0 Å². The Morgan fingerprint density at radius 2 is 1.75 bits per heavy atom. The molecule has 4 aliphatic carbocycles. The third-order valence-electron chi connectivity index (χ3n) is 8.25. The van der Waals surface area contributed by atoms with Crippen LogP contribution in [0.25, 0.3) is 0 Å². The van der Waals surface area contributed by atoms with Gasteiger partial charge in [-0.3, -0.25) is 9.79 Å². The van der Waals surface area contributed by atoms with Crippen LogP contribution in [0, 0.1) is 17.8 Å². The summed E-state index contributed by atoms with van der Waals surface area (Å²) >= 11 is 1.91. The standard InChI is InChI=1S/C27H39N3OS/c1-3-5-10-30-24(14-25(31)28-23-8-6-19(4-2)7-9-23)18-32-26(30)29-27-15-20-11-21(16-27)13-22(12-20)17-27/h6-9,20-22,24H,3-5,10-18H2,1-2H3,(H,28,31). The molecule has 0 radical (unpaired) electrons. The van der Waals surface area contributed by atoms with Crippen LogP contribution in [-0.4, -0.2) is 39.9 Å². The summed E-state index contributed by atoms with van der Waals surface area (Å²) in [5.74, 6) is 3.86. The van der Waals surface area contributed by atoms with Crippen molar-refractivity contribution in [1.29, 1.82) is 0 Å². The lowest BCUT2D eigenvalue weighted by Gasteiger charge is -2.55. The summed E-state index contributed by atoms with van der Waals surface area (Å²) in [5, 5.41) is 4.36. The van der Waals surface area contributed by atoms with Gasteiger partial charge >= 0.3 is 0 Å². The number of nitrogens with zero attached hydrogens (tertiary/aromatic N) is 2. The minimum Gasteiger partial charge on any atom is -0.347 e. The zero-order valence-corrected chi connectivity index (χ0v) is 20.6. The van der Waals surface area contributed by atoms with Gasteiger partial charge in [-0.05, 0) is 86.8 Å². The first-order valence-corrected chi connectivity index (χ1v) is 13.9. The molecule has 1 saturated heterocycles. The van der Waals surface area contributed by atoms with E-state index in [1.165, 1.54) is 55.7 Å². The number of aryl methyl sites for hydroxylation is 1. The van der Waals surface area contributed by atoms with Crippen molar-refractivity contribution in [3.05, 3.63) is 29.8 Å². The number of aliphatic imine (C=N–C) groups is 1. The van der Waals surface area contributed by atoms with Crippen molar-refractivity contribution in [3.63, 3.8) is 0 Å². The molecule has 0 aromatic heterocycles. The number of carbonyl (C=O) groups is 1. The van der Waals surface area contributed by atoms with Gasteiger partial charge in [-0.25, -0.2) is 0 Å². The fraction of sp³-hybridized carbons (Fsp3) is 0.704. The zero-order valence-electron chi connectivity index (χ0n) is 19.8. The number of carbonyl (C=O) groups excluding carboxylic acids is 1. The Balaban J connectivity index is 1.27. The Labute approximate surface area is 198 Å². The number of amides is 1. The lowest BCUT2D eigenvalue weighted by Crippen LogP contribution is -2.50. The maximum atomic E-state index is 12.9. The van der Waals surface area contributed by atoms with E-state index in [0.29, 0.717) is 6.42 Å². The van der Waals surface area contributed by atoms with Crippen molar-refractivity contribution in [2.24, 2.45) is 22.7 Å². The predicted molar refractivity (Wildman–Crippen MR) is 135 cm³/mol. The molecule has 1 unspecified atom stereocenters. The molecule has 1 aliphatic heterocycles. The number of unbranched alkanes of at least 4 members (excludes halogenated alkanes) is 1. The minimum absolute atomic E-state index is 0.123. The first-order chi connectivity index (χ1) is 15.6. The molecule has 1 amide bonds. The van der Waals surface area contributed by atoms with E-state index in [0.717, 1.165) is 48.6 Å². The molecule has 5 aliphatic rings. The normalized spacial score (nSPS) is 34.4. The predicted octanol–water partition coefficient (Wildman–Crippen LogP) is 6.12. The summed E-state index contributed by atoms with van der Waals surface area (Å²) < 4.78 is 0. The maximum Gasteiger partial charge on any atom is 0.226 e. The first kappa shape index (κ1) is 22.3. The summed E-state index contributed by atoms with van der Waals surface area (Å²) in [6, 6.07) is 8.51. The fourth-order valence-electron chi connectivity index (χ4n) is 7.03. The Morgan fingerprint density at radius 1 is 1.09 bits per heavy atom. The number of hydrogen-bond donors (Lipinski definition) is 1. The van der Waals surface area contributed by atoms with Gasteiger partial charge in [0.15, 0.2) is 5.17 Å². The van der Waals surface area contributed by atoms with E-state index >= 15 is 0 Å². The summed E-state index contributed by atoms with van der Waals surface area (Å²) in [6.45, 7) is 5.43. The summed E-state index contributed by atoms with van der Waals surface area (Å²) in [6.07, 6.45) is 12.2. The van der Waals surface area contributed by atoms with E-state index in [9.17, 15) is 4.79 Å². The van der Waals surface area contributed by atoms with Crippen LogP contribution >= 0.6 is 11.8 Å². The molecule has 5 fully saturated rings. The molecule has 1 aromatic rings. The van der Waals surface area contributed by atoms with Gasteiger partial charge in [0, 0.05) is 30.4 Å². The Bertz CT molecular complexity index is 814. The molecule has 4 nitrogen and oxygen atoms in total. The highest BCUT2D eigenvalue weighted by Crippen LogP contribution is 2.57. The zero-order chi connectivity index (χ0) is 22.1. The second kappa shape index (κ2) is 9.40. The summed E-state index contributed by atoms with van der Waals surface area (Å²) in [7, 11) is 0. The van der Waals surface area contributed by atoms with Crippen LogP contribution in [0.15, 0.2) is 29.3 Å². The number of rotatable bonds is 8. The molecule has 5 heteroatoms. The molecule has 4 bridgehead atoms. The molecule has 174 valence electrons. The largest absolute Gasteiger partial charge is 0.347 e. The highest BCUT2D eigenvalue weighted by atomic mass is 32.2. The van der Waals surface area contributed by atoms with E-state index in [2.05, 4.69) is 36.2 Å². The van der Waals surface area contributed by atoms with E-state index < -0.39 is 0 Å². The van der Waals surface area contributed by atoms with Crippen LogP contribution in [0.5, 0.6) is 0 Å². The third kappa shape index (κ3) is 4.73. The van der Waals surface area contributed by atoms with E-state index in [4.69, 9.17) is 4.99 Å². The lowest BCUT2D eigenvalue weighted by molar-refractivity contribution is -0.116. The smallest absolute Gasteiger partial charge is 0.226 e. The monoisotopic (exact) mass is 453 g/mol. The second-order valence-corrected chi connectivity index (χ2v) is 11.8. The molecule has 1 aromatic carbocycles. The Kier molecular flexibility index (Phi) is 6.55. The van der Waals surface area contributed by atoms with Gasteiger partial charge in [0.25, 0.3) is 0 Å². The van der Waals surface area contributed by atoms with Crippen molar-refractivity contribution >= 4 is 28.5 Å². The average molecular weight is 454 g/mol. The highest BCUT2D eigenvalue weighted by molar-refractivity contribution is 8.14. The molecule has 6 rings (SSSR count). The van der Waals surface area contributed by atoms with Crippen LogP contribution in [0.3, 0.4) is 0 Å². The number of nitrogens with one attached hydrogen (secondary N) is 1. The molecular formula is C27H39N3OS. The maximum absolute atomic E-state index is 12.9. The van der Waals surface area contributed by atoms with Crippen LogP contribution in [0.2, 0.25) is 0 Å². The number of thioether (sulfide) groups is 1. The van der Waals surface area contributed by atoms with Gasteiger partial charge in [-0.15, -0.1) is 0 Å². The van der Waals surface area contributed by atoms with Crippen molar-refractivity contribution in [3.8, 4) is 0 Å². The molecule has 1 heterocycles. The highest BCUT2D eigenvalue weighted by Gasteiger charge is 2.51. The third-order valence-corrected chi connectivity index (χ3v) is 9.38. The van der Waals surface area contributed by atoms with Crippen LogP contribution < -0.4 is 5.32 Å². The van der Waals surface area contributed by atoms with E-state index in [1.807, 2.05) is 23.9 Å². The van der Waals surface area contributed by atoms with Crippen molar-refractivity contribution in [1.82, 2.24) is 4.90 Å². The quantitative estimate of drug-likeness (QED) is 0.516. The number of amidine groups is 1. The topological polar surface area (TPSA) is 44.7 Å². The minimum atomic E-state index is 0.123. The van der Waals surface area contributed by atoms with E-state index in [-0.39, 0.29) is 17.5 Å². The molecule has 32 heavy (non-hydrogen) atoms. The number of hydrogen-bond acceptors (Lipinski definition) is 3. The molecule has 0 spiro atoms. The van der Waals surface area contributed by atoms with Crippen LogP contribution in [0.4, 0.5) is 5.69 Å². The average Bonchev–Trinajstić information content (AvgIpc) is 3.11. The lowest BCUT2D eigenvalue weighted by atomic mass is 9.53. The SMILES string of the molecule is CCCCN1C(=NC23CC4CC(CC(C4)C2)C3)SCC1CC(=O)Nc1ccc(CC)cc1. The van der Waals surface area contributed by atoms with Gasteiger partial charge in [0.2, 0.25) is 5.91 Å². The Hall–Kier alpha value is -1.49. The van der Waals surface area contributed by atoms with Crippen molar-refractivity contribution in [2.45, 2.75) is 89.6 Å².